The molecule has 1 aliphatic carbocycles. The summed E-state index contributed by atoms with van der Waals surface area (Å²) in [7, 11) is 0. The van der Waals surface area contributed by atoms with Crippen molar-refractivity contribution in [2.24, 2.45) is 0 Å². The summed E-state index contributed by atoms with van der Waals surface area (Å²) < 4.78 is 15.5. The van der Waals surface area contributed by atoms with E-state index in [2.05, 4.69) is 144 Å². The molecule has 0 fully saturated rings. The molecule has 0 bridgehead atoms. The van der Waals surface area contributed by atoms with E-state index in [1.165, 1.54) is 10.9 Å². The van der Waals surface area contributed by atoms with Crippen molar-refractivity contribution >= 4 is 38.9 Å². The fourth-order valence-corrected chi connectivity index (χ4v) is 8.84. The molecule has 6 nitrogen and oxygen atoms in total. The maximum Gasteiger partial charge on any atom is 0.164 e. The van der Waals surface area contributed by atoms with Crippen LogP contribution in [0, 0.1) is 0 Å². The Balaban J connectivity index is 1.02. The molecule has 268 valence electrons. The van der Waals surface area contributed by atoms with Crippen molar-refractivity contribution in [1.82, 2.24) is 19.5 Å². The van der Waals surface area contributed by atoms with E-state index in [0.29, 0.717) is 17.5 Å². The normalized spacial score (nSPS) is 15.4. The minimum absolute atomic E-state index is 0.0406. The van der Waals surface area contributed by atoms with E-state index < -0.39 is 0 Å². The van der Waals surface area contributed by atoms with Crippen LogP contribution in [0.1, 0.15) is 28.8 Å². The molecule has 4 heterocycles. The zero-order chi connectivity index (χ0) is 37.5. The minimum atomic E-state index is -0.209. The van der Waals surface area contributed by atoms with Gasteiger partial charge in [0.15, 0.2) is 17.5 Å². The highest BCUT2D eigenvalue weighted by atomic mass is 16.5. The Kier molecular flexibility index (Phi) is 6.95. The van der Waals surface area contributed by atoms with Crippen LogP contribution in [0.5, 0.6) is 5.75 Å². The van der Waals surface area contributed by atoms with Gasteiger partial charge < -0.3 is 13.7 Å². The maximum atomic E-state index is 6.98. The first-order chi connectivity index (χ1) is 28.2. The molecule has 0 radical (unpaired) electrons. The molecule has 7 aromatic carbocycles. The fraction of sp³-hybridized carbons (Fsp3) is 0.0392. The van der Waals surface area contributed by atoms with Crippen LogP contribution in [-0.2, 0) is 0 Å². The second kappa shape index (κ2) is 12.5. The lowest BCUT2D eigenvalue weighted by Crippen LogP contribution is -2.14. The molecule has 0 saturated carbocycles. The standard InChI is InChI=1S/C51H32N4O2/c1-3-12-31(13-4-1)32-22-24-33(25-23-32)49-52-50(34-26-29-44-40(30-34)36-16-8-10-20-43(36)56-44)54-51(53-49)39-18-11-21-45-46(39)38-27-28-42-47(48(38)57-45)37-17-7-9-19-41(37)55(42)35-14-5-2-6-15-35/h1-30,38,48H. The highest BCUT2D eigenvalue weighted by molar-refractivity contribution is 6.06. The van der Waals surface area contributed by atoms with E-state index in [-0.39, 0.29) is 12.0 Å². The molecule has 0 amide bonds. The van der Waals surface area contributed by atoms with Crippen molar-refractivity contribution in [3.05, 3.63) is 193 Å². The summed E-state index contributed by atoms with van der Waals surface area (Å²) in [5.74, 6) is 2.60. The Morgan fingerprint density at radius 3 is 1.96 bits per heavy atom. The topological polar surface area (TPSA) is 66.0 Å². The smallest absolute Gasteiger partial charge is 0.164 e. The summed E-state index contributed by atoms with van der Waals surface area (Å²) in [6, 6.07) is 58.6. The molecule has 0 N–H and O–H groups in total. The zero-order valence-corrected chi connectivity index (χ0v) is 30.6. The van der Waals surface area contributed by atoms with Gasteiger partial charge in [0.05, 0.1) is 11.2 Å². The van der Waals surface area contributed by atoms with Crippen LogP contribution in [0.2, 0.25) is 0 Å². The number of rotatable bonds is 5. The Morgan fingerprint density at radius 1 is 0.474 bits per heavy atom. The van der Waals surface area contributed by atoms with Gasteiger partial charge in [0.1, 0.15) is 23.0 Å². The molecule has 0 spiro atoms. The molecule has 10 aromatic rings. The van der Waals surface area contributed by atoms with Gasteiger partial charge in [-0.05, 0) is 65.7 Å². The van der Waals surface area contributed by atoms with Crippen molar-refractivity contribution in [2.45, 2.75) is 12.0 Å². The van der Waals surface area contributed by atoms with Gasteiger partial charge in [0.2, 0.25) is 0 Å². The number of para-hydroxylation sites is 3. The Labute approximate surface area is 328 Å². The van der Waals surface area contributed by atoms with Crippen molar-refractivity contribution in [1.29, 1.82) is 0 Å². The van der Waals surface area contributed by atoms with E-state index in [1.807, 2.05) is 42.5 Å². The third-order valence-corrected chi connectivity index (χ3v) is 11.5. The van der Waals surface area contributed by atoms with Crippen LogP contribution in [0.3, 0.4) is 0 Å². The van der Waals surface area contributed by atoms with Gasteiger partial charge in [0, 0.05) is 55.6 Å². The molecular weight excluding hydrogens is 701 g/mol. The van der Waals surface area contributed by atoms with Crippen LogP contribution >= 0.6 is 0 Å². The number of furan rings is 1. The van der Waals surface area contributed by atoms with E-state index in [1.54, 1.807) is 0 Å². The van der Waals surface area contributed by atoms with E-state index >= 15 is 0 Å². The van der Waals surface area contributed by atoms with Gasteiger partial charge >= 0.3 is 0 Å². The molecule has 12 rings (SSSR count). The number of aromatic nitrogens is 4. The number of fused-ring (bicyclic) bond motifs is 10. The molecule has 1 aliphatic heterocycles. The fourth-order valence-electron chi connectivity index (χ4n) is 8.84. The minimum Gasteiger partial charge on any atom is -0.484 e. The van der Waals surface area contributed by atoms with Crippen LogP contribution in [0.25, 0.3) is 89.9 Å². The van der Waals surface area contributed by atoms with Crippen molar-refractivity contribution < 1.29 is 9.15 Å². The van der Waals surface area contributed by atoms with Crippen molar-refractivity contribution in [3.63, 3.8) is 0 Å². The predicted molar refractivity (Wildman–Crippen MR) is 227 cm³/mol. The van der Waals surface area contributed by atoms with E-state index in [0.717, 1.165) is 78.0 Å². The van der Waals surface area contributed by atoms with Crippen molar-refractivity contribution in [2.75, 3.05) is 0 Å². The maximum absolute atomic E-state index is 6.98. The van der Waals surface area contributed by atoms with Gasteiger partial charge in [-0.3, -0.25) is 0 Å². The predicted octanol–water partition coefficient (Wildman–Crippen LogP) is 12.6. The lowest BCUT2D eigenvalue weighted by Gasteiger charge is -2.22. The molecular formula is C51H32N4O2. The first-order valence-corrected chi connectivity index (χ1v) is 19.3. The van der Waals surface area contributed by atoms with Crippen LogP contribution < -0.4 is 4.74 Å². The largest absolute Gasteiger partial charge is 0.484 e. The Morgan fingerprint density at radius 2 is 1.12 bits per heavy atom. The summed E-state index contributed by atoms with van der Waals surface area (Å²) >= 11 is 0. The van der Waals surface area contributed by atoms with Gasteiger partial charge in [-0.15, -0.1) is 0 Å². The summed E-state index contributed by atoms with van der Waals surface area (Å²) in [5.41, 5.74) is 12.4. The zero-order valence-electron chi connectivity index (χ0n) is 30.6. The summed E-state index contributed by atoms with van der Waals surface area (Å²) in [5, 5.41) is 3.27. The molecule has 3 aromatic heterocycles. The third kappa shape index (κ3) is 5.00. The third-order valence-electron chi connectivity index (χ3n) is 11.5. The van der Waals surface area contributed by atoms with Crippen LogP contribution in [-0.4, -0.2) is 19.5 Å². The van der Waals surface area contributed by atoms with Gasteiger partial charge in [-0.1, -0.05) is 127 Å². The Bertz CT molecular complexity index is 3220. The average Bonchev–Trinajstić information content (AvgIpc) is 3.96. The first kappa shape index (κ1) is 31.7. The van der Waals surface area contributed by atoms with Gasteiger partial charge in [0.25, 0.3) is 0 Å². The second-order valence-electron chi connectivity index (χ2n) is 14.7. The van der Waals surface area contributed by atoms with E-state index in [9.17, 15) is 0 Å². The van der Waals surface area contributed by atoms with E-state index in [4.69, 9.17) is 24.1 Å². The second-order valence-corrected chi connectivity index (χ2v) is 14.7. The van der Waals surface area contributed by atoms with Crippen LogP contribution in [0.4, 0.5) is 0 Å². The highest BCUT2D eigenvalue weighted by Crippen LogP contribution is 2.55. The van der Waals surface area contributed by atoms with Gasteiger partial charge in [-0.2, -0.15) is 0 Å². The van der Waals surface area contributed by atoms with Crippen LogP contribution in [0.15, 0.2) is 180 Å². The molecule has 0 saturated heterocycles. The SMILES string of the molecule is C1=CC2c3c(cccc3-c3nc(-c4ccc(-c5ccccc5)cc4)nc(-c4ccc5oc6ccccc6c5c4)n3)OC2c2c1n(-c1ccccc1)c1ccccc21. The quantitative estimate of drug-likeness (QED) is 0.176. The number of ether oxygens (including phenoxy) is 1. The lowest BCUT2D eigenvalue weighted by atomic mass is 9.83. The molecule has 2 atom stereocenters. The number of hydrogen-bond acceptors (Lipinski definition) is 5. The van der Waals surface area contributed by atoms with Gasteiger partial charge in [-0.25, -0.2) is 15.0 Å². The highest BCUT2D eigenvalue weighted by Gasteiger charge is 2.42. The molecule has 2 unspecified atom stereocenters. The number of benzene rings is 7. The van der Waals surface area contributed by atoms with Crippen molar-refractivity contribution in [3.8, 4) is 56.7 Å². The summed E-state index contributed by atoms with van der Waals surface area (Å²) in [6.45, 7) is 0. The summed E-state index contributed by atoms with van der Waals surface area (Å²) in [6.07, 6.45) is 4.35. The molecule has 57 heavy (non-hydrogen) atoms. The molecule has 6 heteroatoms. The summed E-state index contributed by atoms with van der Waals surface area (Å²) in [4.78, 5) is 15.6. The number of hydrogen-bond donors (Lipinski definition) is 0. The number of nitrogens with zero attached hydrogens (tertiary/aromatic N) is 4. The average molecular weight is 733 g/mol. The monoisotopic (exact) mass is 732 g/mol. The first-order valence-electron chi connectivity index (χ1n) is 19.3. The molecule has 2 aliphatic rings. The Hall–Kier alpha value is -7.57. The lowest BCUT2D eigenvalue weighted by molar-refractivity contribution is 0.224.